The number of aryl methyl sites for hydroxylation is 1. The van der Waals surface area contributed by atoms with Crippen molar-refractivity contribution in [3.63, 3.8) is 0 Å². The summed E-state index contributed by atoms with van der Waals surface area (Å²) in [6, 6.07) is 18.8. The number of aromatic nitrogens is 1. The Morgan fingerprint density at radius 1 is 1.04 bits per heavy atom. The molecule has 0 fully saturated rings. The van der Waals surface area contributed by atoms with Crippen molar-refractivity contribution < 1.29 is 13.6 Å². The molecule has 1 N–H and O–H groups in total. The molecule has 128 valence electrons. The van der Waals surface area contributed by atoms with Gasteiger partial charge in [0.1, 0.15) is 11.3 Å². The van der Waals surface area contributed by atoms with Crippen LogP contribution in [-0.4, -0.2) is 10.9 Å². The second-order valence-electron chi connectivity index (χ2n) is 6.00. The number of carbonyl (C=O) groups is 1. The number of halogens is 1. The van der Waals surface area contributed by atoms with E-state index in [0.29, 0.717) is 27.9 Å². The molecular formula is C21H15FN2O2. The van der Waals surface area contributed by atoms with Crippen LogP contribution in [0.2, 0.25) is 0 Å². The third-order valence-corrected chi connectivity index (χ3v) is 4.03. The van der Waals surface area contributed by atoms with E-state index in [-0.39, 0.29) is 11.8 Å². The highest BCUT2D eigenvalue weighted by molar-refractivity contribution is 6.05. The molecule has 3 aromatic carbocycles. The number of anilines is 1. The van der Waals surface area contributed by atoms with E-state index in [4.69, 9.17) is 4.42 Å². The molecule has 4 rings (SSSR count). The molecule has 0 spiro atoms. The van der Waals surface area contributed by atoms with Gasteiger partial charge < -0.3 is 9.73 Å². The number of nitrogens with one attached hydrogen (secondary N) is 1. The molecule has 0 bridgehead atoms. The smallest absolute Gasteiger partial charge is 0.255 e. The van der Waals surface area contributed by atoms with Gasteiger partial charge in [0.25, 0.3) is 5.91 Å². The number of nitrogens with zero attached hydrogens (tertiary/aromatic N) is 1. The van der Waals surface area contributed by atoms with E-state index < -0.39 is 5.82 Å². The Balaban J connectivity index is 1.64. The molecule has 0 aliphatic heterocycles. The first-order valence-corrected chi connectivity index (χ1v) is 8.14. The van der Waals surface area contributed by atoms with Crippen molar-refractivity contribution in [2.24, 2.45) is 0 Å². The van der Waals surface area contributed by atoms with E-state index in [1.54, 1.807) is 42.5 Å². The van der Waals surface area contributed by atoms with Gasteiger partial charge in [-0.2, -0.15) is 0 Å². The van der Waals surface area contributed by atoms with Gasteiger partial charge in [0.05, 0.1) is 5.56 Å². The van der Waals surface area contributed by atoms with Crippen molar-refractivity contribution in [1.82, 2.24) is 4.98 Å². The van der Waals surface area contributed by atoms with Gasteiger partial charge in [-0.05, 0) is 49.4 Å². The molecule has 1 heterocycles. The van der Waals surface area contributed by atoms with Gasteiger partial charge in [-0.1, -0.05) is 29.8 Å². The maximum absolute atomic E-state index is 13.9. The summed E-state index contributed by atoms with van der Waals surface area (Å²) in [6.45, 7) is 1.93. The minimum Gasteiger partial charge on any atom is -0.436 e. The maximum atomic E-state index is 13.9. The molecular weight excluding hydrogens is 331 g/mol. The number of rotatable bonds is 3. The van der Waals surface area contributed by atoms with Crippen LogP contribution in [0, 0.1) is 12.7 Å². The van der Waals surface area contributed by atoms with Gasteiger partial charge in [-0.3, -0.25) is 4.79 Å². The van der Waals surface area contributed by atoms with Gasteiger partial charge in [0, 0.05) is 11.3 Å². The zero-order chi connectivity index (χ0) is 18.1. The Morgan fingerprint density at radius 3 is 2.69 bits per heavy atom. The van der Waals surface area contributed by atoms with Crippen LogP contribution in [0.5, 0.6) is 0 Å². The fourth-order valence-corrected chi connectivity index (χ4v) is 2.74. The van der Waals surface area contributed by atoms with E-state index in [9.17, 15) is 9.18 Å². The fourth-order valence-electron chi connectivity index (χ4n) is 2.74. The summed E-state index contributed by atoms with van der Waals surface area (Å²) in [6.07, 6.45) is 0. The van der Waals surface area contributed by atoms with Crippen LogP contribution in [0.15, 0.2) is 71.1 Å². The summed E-state index contributed by atoms with van der Waals surface area (Å²) >= 11 is 0. The monoisotopic (exact) mass is 346 g/mol. The Morgan fingerprint density at radius 2 is 1.88 bits per heavy atom. The Labute approximate surface area is 149 Å². The predicted octanol–water partition coefficient (Wildman–Crippen LogP) is 5.19. The zero-order valence-electron chi connectivity index (χ0n) is 14.0. The molecule has 1 amide bonds. The van der Waals surface area contributed by atoms with Gasteiger partial charge >= 0.3 is 0 Å². The summed E-state index contributed by atoms with van der Waals surface area (Å²) in [5.74, 6) is -0.391. The van der Waals surface area contributed by atoms with Crippen LogP contribution in [0.3, 0.4) is 0 Å². The molecule has 4 nitrogen and oxygen atoms in total. The van der Waals surface area contributed by atoms with Crippen molar-refractivity contribution >= 4 is 22.7 Å². The third kappa shape index (κ3) is 3.07. The minimum atomic E-state index is -0.396. The average Bonchev–Trinajstić information content (AvgIpc) is 3.05. The minimum absolute atomic E-state index is 0.203. The van der Waals surface area contributed by atoms with Crippen molar-refractivity contribution in [1.29, 1.82) is 0 Å². The number of fused-ring (bicyclic) bond motifs is 1. The van der Waals surface area contributed by atoms with Crippen LogP contribution in [0.1, 0.15) is 15.9 Å². The molecule has 0 radical (unpaired) electrons. The highest BCUT2D eigenvalue weighted by Gasteiger charge is 2.13. The molecule has 0 aliphatic carbocycles. The number of hydrogen-bond donors (Lipinski definition) is 1. The van der Waals surface area contributed by atoms with E-state index >= 15 is 0 Å². The quantitative estimate of drug-likeness (QED) is 0.555. The molecule has 26 heavy (non-hydrogen) atoms. The van der Waals surface area contributed by atoms with Crippen LogP contribution in [0.25, 0.3) is 22.6 Å². The first kappa shape index (κ1) is 16.0. The Kier molecular flexibility index (Phi) is 3.97. The highest BCUT2D eigenvalue weighted by Crippen LogP contribution is 2.27. The van der Waals surface area contributed by atoms with Crippen LogP contribution in [0.4, 0.5) is 10.1 Å². The number of carbonyl (C=O) groups excluding carboxylic acids is 1. The first-order chi connectivity index (χ1) is 12.6. The van der Waals surface area contributed by atoms with E-state index in [0.717, 1.165) is 5.56 Å². The highest BCUT2D eigenvalue weighted by atomic mass is 19.1. The maximum Gasteiger partial charge on any atom is 0.255 e. The van der Waals surface area contributed by atoms with E-state index in [1.165, 1.54) is 6.07 Å². The van der Waals surface area contributed by atoms with Crippen molar-refractivity contribution in [3.8, 4) is 11.5 Å². The lowest BCUT2D eigenvalue weighted by Gasteiger charge is -2.05. The normalized spacial score (nSPS) is 10.8. The van der Waals surface area contributed by atoms with Gasteiger partial charge in [-0.25, -0.2) is 9.37 Å². The van der Waals surface area contributed by atoms with Crippen LogP contribution in [-0.2, 0) is 0 Å². The Hall–Kier alpha value is -3.47. The number of hydrogen-bond acceptors (Lipinski definition) is 3. The zero-order valence-corrected chi connectivity index (χ0v) is 14.0. The lowest BCUT2D eigenvalue weighted by atomic mass is 10.1. The SMILES string of the molecule is Cc1cccc(C(=O)Nc2ccc3oc(-c4ccccc4F)nc3c2)c1. The average molecular weight is 346 g/mol. The summed E-state index contributed by atoms with van der Waals surface area (Å²) in [7, 11) is 0. The molecule has 1 aromatic heterocycles. The van der Waals surface area contributed by atoms with Gasteiger partial charge in [0.15, 0.2) is 5.58 Å². The summed E-state index contributed by atoms with van der Waals surface area (Å²) in [5, 5.41) is 2.84. The van der Waals surface area contributed by atoms with Gasteiger partial charge in [0.2, 0.25) is 5.89 Å². The second-order valence-corrected chi connectivity index (χ2v) is 6.00. The van der Waals surface area contributed by atoms with Gasteiger partial charge in [-0.15, -0.1) is 0 Å². The molecule has 0 unspecified atom stereocenters. The third-order valence-electron chi connectivity index (χ3n) is 4.03. The number of amides is 1. The molecule has 0 saturated carbocycles. The Bertz CT molecular complexity index is 1120. The summed E-state index contributed by atoms with van der Waals surface area (Å²) < 4.78 is 19.5. The standard InChI is InChI=1S/C21H15FN2O2/c1-13-5-4-6-14(11-13)20(25)23-15-9-10-19-18(12-15)24-21(26-19)16-7-2-3-8-17(16)22/h2-12H,1H3,(H,23,25). The van der Waals surface area contributed by atoms with Crippen LogP contribution < -0.4 is 5.32 Å². The van der Waals surface area contributed by atoms with Crippen molar-refractivity contribution in [2.75, 3.05) is 5.32 Å². The lowest BCUT2D eigenvalue weighted by Crippen LogP contribution is -2.11. The first-order valence-electron chi connectivity index (χ1n) is 8.14. The molecule has 5 heteroatoms. The number of benzene rings is 3. The summed E-state index contributed by atoms with van der Waals surface area (Å²) in [4.78, 5) is 16.7. The van der Waals surface area contributed by atoms with E-state index in [1.807, 2.05) is 25.1 Å². The molecule has 4 aromatic rings. The molecule has 0 saturated heterocycles. The lowest BCUT2D eigenvalue weighted by molar-refractivity contribution is 0.102. The predicted molar refractivity (Wildman–Crippen MR) is 98.5 cm³/mol. The van der Waals surface area contributed by atoms with Crippen LogP contribution >= 0.6 is 0 Å². The summed E-state index contributed by atoms with van der Waals surface area (Å²) in [5.41, 5.74) is 3.56. The fraction of sp³-hybridized carbons (Fsp3) is 0.0476. The molecule has 0 aliphatic rings. The second kappa shape index (κ2) is 6.44. The topological polar surface area (TPSA) is 55.1 Å². The van der Waals surface area contributed by atoms with Crippen molar-refractivity contribution in [2.45, 2.75) is 6.92 Å². The number of oxazole rings is 1. The van der Waals surface area contributed by atoms with Crippen molar-refractivity contribution in [3.05, 3.63) is 83.7 Å². The largest absolute Gasteiger partial charge is 0.436 e. The molecule has 0 atom stereocenters. The van der Waals surface area contributed by atoms with E-state index in [2.05, 4.69) is 10.3 Å².